The smallest absolute Gasteiger partial charge is 0.371 e. The van der Waals surface area contributed by atoms with Gasteiger partial charge in [-0.15, -0.1) is 10.2 Å². The van der Waals surface area contributed by atoms with Crippen molar-refractivity contribution in [3.8, 4) is 22.8 Å². The summed E-state index contributed by atoms with van der Waals surface area (Å²) in [6.07, 6.45) is 6.31. The van der Waals surface area contributed by atoms with E-state index in [1.807, 2.05) is 12.1 Å². The number of hydrogen-bond acceptors (Lipinski definition) is 12. The van der Waals surface area contributed by atoms with E-state index >= 15 is 0 Å². The number of nitrogens with zero attached hydrogens (tertiary/aromatic N) is 5. The standard InChI is InChI=1S/C25H22N4O5.2C6H14N4O2/c1-14-22(24(31)29(28-14)17-10-9-15-5-2-3-6-16(15)13-17)27-26-19-8-4-7-18(23(19)30)20-11-12-21(34-20)25(32)33;2*7-4(5(11)12)2-1-3-10-6(8)9/h4,7-13,28,30H,2-3,5-6H2,1H3,(H,32,33);2*4H,1-3,7H2,(H,11,12)(H4,8,9,10)/t;2*4-/m.00/s1. The molecule has 0 spiro atoms. The fourth-order valence-corrected chi connectivity index (χ4v) is 5.49. The highest BCUT2D eigenvalue weighted by atomic mass is 16.4. The Hall–Kier alpha value is -7.00. The number of aromatic carboxylic acids is 1. The lowest BCUT2D eigenvalue weighted by Crippen LogP contribution is -2.30. The Labute approximate surface area is 332 Å². The molecule has 17 N–H and O–H groups in total. The number of aryl methyl sites for hydroxylation is 3. The maximum absolute atomic E-state index is 13.1. The highest BCUT2D eigenvalue weighted by molar-refractivity contribution is 5.86. The van der Waals surface area contributed by atoms with Crippen molar-refractivity contribution in [2.45, 2.75) is 70.4 Å². The number of carboxylic acids is 3. The van der Waals surface area contributed by atoms with Crippen molar-refractivity contribution in [1.82, 2.24) is 9.78 Å². The van der Waals surface area contributed by atoms with Gasteiger partial charge in [0.2, 0.25) is 5.76 Å². The first-order valence-corrected chi connectivity index (χ1v) is 18.1. The fraction of sp³-hybridized carbons (Fsp3) is 0.351. The summed E-state index contributed by atoms with van der Waals surface area (Å²) in [5.74, 6) is -3.48. The number of azo groups is 1. The molecule has 2 aromatic heterocycles. The maximum Gasteiger partial charge on any atom is 0.371 e. The number of aromatic nitrogens is 2. The number of carboxylic acid groups (broad SMARTS) is 3. The van der Waals surface area contributed by atoms with Crippen LogP contribution in [0.25, 0.3) is 17.0 Å². The number of nitrogens with two attached hydrogens (primary N) is 6. The summed E-state index contributed by atoms with van der Waals surface area (Å²) in [5, 5.41) is 47.7. The van der Waals surface area contributed by atoms with Crippen LogP contribution in [0.2, 0.25) is 0 Å². The number of phenols is 1. The second-order valence-corrected chi connectivity index (χ2v) is 13.0. The zero-order chi connectivity index (χ0) is 42.9. The van der Waals surface area contributed by atoms with E-state index in [1.165, 1.54) is 40.4 Å². The number of aromatic hydroxyl groups is 1. The SMILES string of the molecule is Cc1[nH]n(-c2ccc3c(c2)CCCC3)c(=O)c1N=Nc1cccc(-c2ccc(C(=O)O)o2)c1O.NC(N)=NCCC[C@H](N)C(=O)O.NC(N)=NCCC[C@H](N)C(=O)O. The van der Waals surface area contributed by atoms with Gasteiger partial charge in [-0.25, -0.2) is 9.48 Å². The number of carbonyl (C=O) groups is 3. The van der Waals surface area contributed by atoms with Crippen LogP contribution in [0.15, 0.2) is 78.0 Å². The van der Waals surface area contributed by atoms with Crippen LogP contribution in [0.1, 0.15) is 65.9 Å². The molecular formula is C37H50N12O9. The predicted octanol–water partition coefficient (Wildman–Crippen LogP) is 2.34. The lowest BCUT2D eigenvalue weighted by atomic mass is 9.91. The van der Waals surface area contributed by atoms with Crippen molar-refractivity contribution in [2.24, 2.45) is 54.6 Å². The molecule has 0 amide bonds. The van der Waals surface area contributed by atoms with Crippen molar-refractivity contribution < 1.29 is 39.2 Å². The maximum atomic E-state index is 13.1. The summed E-state index contributed by atoms with van der Waals surface area (Å²) in [6.45, 7) is 2.57. The quantitative estimate of drug-likeness (QED) is 0.0355. The van der Waals surface area contributed by atoms with Gasteiger partial charge in [0, 0.05) is 13.1 Å². The summed E-state index contributed by atoms with van der Waals surface area (Å²) < 4.78 is 6.72. The van der Waals surface area contributed by atoms with Gasteiger partial charge in [0.1, 0.15) is 23.5 Å². The van der Waals surface area contributed by atoms with Gasteiger partial charge in [0.25, 0.3) is 5.56 Å². The molecule has 1 aliphatic rings. The van der Waals surface area contributed by atoms with Crippen molar-refractivity contribution in [2.75, 3.05) is 13.1 Å². The number of furan rings is 1. The number of phenolic OH excluding ortho intramolecular Hbond substituents is 1. The molecule has 21 nitrogen and oxygen atoms in total. The Morgan fingerprint density at radius 1 is 0.828 bits per heavy atom. The van der Waals surface area contributed by atoms with Crippen LogP contribution in [0.3, 0.4) is 0 Å². The number of hydrogen-bond donors (Lipinski definition) is 11. The summed E-state index contributed by atoms with van der Waals surface area (Å²) in [6, 6.07) is 11.9. The van der Waals surface area contributed by atoms with Gasteiger partial charge in [-0.2, -0.15) is 0 Å². The monoisotopic (exact) mass is 806 g/mol. The van der Waals surface area contributed by atoms with Gasteiger partial charge in [-0.05, 0) is 106 Å². The molecule has 0 saturated heterocycles. The molecule has 4 aromatic rings. The molecule has 0 saturated carbocycles. The van der Waals surface area contributed by atoms with Crippen LogP contribution in [0.5, 0.6) is 5.75 Å². The predicted molar refractivity (Wildman–Crippen MR) is 216 cm³/mol. The molecule has 312 valence electrons. The number of rotatable bonds is 15. The van der Waals surface area contributed by atoms with E-state index in [1.54, 1.807) is 19.1 Å². The van der Waals surface area contributed by atoms with E-state index in [0.717, 1.165) is 24.9 Å². The van der Waals surface area contributed by atoms with Crippen LogP contribution >= 0.6 is 0 Å². The minimum Gasteiger partial charge on any atom is -0.505 e. The first-order valence-electron chi connectivity index (χ1n) is 18.1. The Balaban J connectivity index is 0.000000309. The first-order chi connectivity index (χ1) is 27.5. The lowest BCUT2D eigenvalue weighted by Gasteiger charge is -2.16. The third kappa shape index (κ3) is 13.6. The van der Waals surface area contributed by atoms with Crippen molar-refractivity contribution in [3.63, 3.8) is 0 Å². The second kappa shape index (κ2) is 21.9. The molecule has 2 heterocycles. The summed E-state index contributed by atoms with van der Waals surface area (Å²) >= 11 is 0. The van der Waals surface area contributed by atoms with E-state index in [0.29, 0.717) is 44.5 Å². The van der Waals surface area contributed by atoms with Crippen molar-refractivity contribution in [1.29, 1.82) is 0 Å². The van der Waals surface area contributed by atoms with Gasteiger partial charge in [-0.1, -0.05) is 12.1 Å². The van der Waals surface area contributed by atoms with Crippen LogP contribution in [-0.4, -0.2) is 85.2 Å². The molecule has 0 fully saturated rings. The Morgan fingerprint density at radius 3 is 1.95 bits per heavy atom. The Kier molecular flexibility index (Phi) is 17.2. The first kappa shape index (κ1) is 45.4. The number of aliphatic imine (C=N–C) groups is 2. The van der Waals surface area contributed by atoms with Crippen LogP contribution in [0.4, 0.5) is 11.4 Å². The van der Waals surface area contributed by atoms with E-state index < -0.39 is 30.0 Å². The van der Waals surface area contributed by atoms with E-state index in [4.69, 9.17) is 54.1 Å². The molecule has 0 radical (unpaired) electrons. The van der Waals surface area contributed by atoms with Crippen molar-refractivity contribution in [3.05, 3.63) is 81.5 Å². The molecule has 0 bridgehead atoms. The minimum absolute atomic E-state index is 0.0129. The molecule has 1 aliphatic carbocycles. The van der Waals surface area contributed by atoms with Gasteiger partial charge in [0.15, 0.2) is 23.4 Å². The molecule has 21 heteroatoms. The fourth-order valence-electron chi connectivity index (χ4n) is 5.49. The molecule has 0 aliphatic heterocycles. The average molecular weight is 807 g/mol. The number of fused-ring (bicyclic) bond motifs is 1. The average Bonchev–Trinajstić information content (AvgIpc) is 3.79. The van der Waals surface area contributed by atoms with Gasteiger partial charge >= 0.3 is 17.9 Å². The summed E-state index contributed by atoms with van der Waals surface area (Å²) in [4.78, 5) is 51.9. The largest absolute Gasteiger partial charge is 0.505 e. The zero-order valence-corrected chi connectivity index (χ0v) is 31.9. The number of aliphatic carboxylic acids is 2. The number of para-hydroxylation sites is 1. The number of aromatic amines is 1. The Bertz CT molecular complexity index is 2140. The van der Waals surface area contributed by atoms with E-state index in [-0.39, 0.29) is 51.7 Å². The van der Waals surface area contributed by atoms with Crippen LogP contribution in [-0.2, 0) is 22.4 Å². The second-order valence-electron chi connectivity index (χ2n) is 13.0. The third-order valence-corrected chi connectivity index (χ3v) is 8.55. The normalized spacial score (nSPS) is 12.8. The van der Waals surface area contributed by atoms with Gasteiger partial charge in [-0.3, -0.25) is 29.5 Å². The topological polar surface area (TPSA) is 389 Å². The minimum atomic E-state index is -1.21. The summed E-state index contributed by atoms with van der Waals surface area (Å²) in [5.41, 5.74) is 34.7. The molecule has 0 unspecified atom stereocenters. The molecule has 2 aromatic carbocycles. The molecule has 2 atom stereocenters. The van der Waals surface area contributed by atoms with Crippen LogP contribution < -0.4 is 40.0 Å². The van der Waals surface area contributed by atoms with Gasteiger partial charge in [0.05, 0.1) is 16.9 Å². The molecule has 5 rings (SSSR count). The molecule has 58 heavy (non-hydrogen) atoms. The van der Waals surface area contributed by atoms with Crippen LogP contribution in [0, 0.1) is 6.92 Å². The highest BCUT2D eigenvalue weighted by Gasteiger charge is 2.18. The number of nitrogens with one attached hydrogen (secondary N) is 1. The zero-order valence-electron chi connectivity index (χ0n) is 31.9. The third-order valence-electron chi connectivity index (χ3n) is 8.55. The van der Waals surface area contributed by atoms with E-state index in [9.17, 15) is 24.3 Å². The summed E-state index contributed by atoms with van der Waals surface area (Å²) in [7, 11) is 0. The number of H-pyrrole nitrogens is 1. The van der Waals surface area contributed by atoms with Gasteiger partial charge < -0.3 is 59.2 Å². The lowest BCUT2D eigenvalue weighted by molar-refractivity contribution is -0.139. The number of guanidine groups is 2. The number of benzene rings is 2. The van der Waals surface area contributed by atoms with E-state index in [2.05, 4.69) is 31.4 Å². The molecular weight excluding hydrogens is 756 g/mol. The Morgan fingerprint density at radius 2 is 1.41 bits per heavy atom. The highest BCUT2D eigenvalue weighted by Crippen LogP contribution is 2.38. The van der Waals surface area contributed by atoms with Crippen molar-refractivity contribution >= 4 is 41.2 Å².